The molecule has 0 amide bonds. The fraction of sp³-hybridized carbons (Fsp3) is 0.385. The van der Waals surface area contributed by atoms with E-state index in [4.69, 9.17) is 0 Å². The minimum atomic E-state index is -0.127. The first kappa shape index (κ1) is 11.0. The van der Waals surface area contributed by atoms with Crippen LogP contribution >= 0.6 is 0 Å². The maximum absolute atomic E-state index is 13.5. The summed E-state index contributed by atoms with van der Waals surface area (Å²) in [5.41, 5.74) is 4.91. The van der Waals surface area contributed by atoms with Crippen molar-refractivity contribution in [2.75, 3.05) is 0 Å². The second-order valence-corrected chi connectivity index (χ2v) is 3.79. The molecule has 0 bridgehead atoms. The Morgan fingerprint density at radius 1 is 1.43 bits per heavy atom. The molecule has 0 aliphatic heterocycles. The van der Waals surface area contributed by atoms with Crippen LogP contribution in [0.1, 0.15) is 36.1 Å². The smallest absolute Gasteiger partial charge is 0.127 e. The molecule has 0 saturated heterocycles. The molecule has 0 aliphatic carbocycles. The first-order chi connectivity index (χ1) is 6.49. The molecule has 14 heavy (non-hydrogen) atoms. The van der Waals surface area contributed by atoms with E-state index in [2.05, 4.69) is 13.5 Å². The molecule has 1 rings (SSSR count). The third kappa shape index (κ3) is 1.72. The Kier molecular flexibility index (Phi) is 3.10. The molecule has 0 radical (unpaired) electrons. The van der Waals surface area contributed by atoms with Crippen LogP contribution < -0.4 is 0 Å². The summed E-state index contributed by atoms with van der Waals surface area (Å²) in [7, 11) is 0. The molecule has 0 aromatic heterocycles. The Morgan fingerprint density at radius 3 is 2.43 bits per heavy atom. The average molecular weight is 192 g/mol. The summed E-state index contributed by atoms with van der Waals surface area (Å²) in [5.74, 6) is -0.127. The van der Waals surface area contributed by atoms with E-state index in [0.717, 1.165) is 28.7 Å². The van der Waals surface area contributed by atoms with Crippen LogP contribution in [0.3, 0.4) is 0 Å². The van der Waals surface area contributed by atoms with Crippen molar-refractivity contribution >= 4 is 5.57 Å². The van der Waals surface area contributed by atoms with Gasteiger partial charge in [-0.15, -0.1) is 0 Å². The standard InChI is InChI=1S/C13H17F/c1-6-11-9(4)7-12(14)10(5)13(11)8(2)3/h7H,2,6H2,1,3-5H3. The molecule has 0 saturated carbocycles. The van der Waals surface area contributed by atoms with E-state index >= 15 is 0 Å². The van der Waals surface area contributed by atoms with E-state index in [0.29, 0.717) is 0 Å². The third-order valence-electron chi connectivity index (χ3n) is 2.63. The molecule has 0 fully saturated rings. The molecule has 1 heteroatoms. The molecule has 76 valence electrons. The van der Waals surface area contributed by atoms with Gasteiger partial charge in [0, 0.05) is 0 Å². The molecular formula is C13H17F. The zero-order chi connectivity index (χ0) is 10.9. The fourth-order valence-corrected chi connectivity index (χ4v) is 1.96. The molecule has 0 spiro atoms. The Bertz CT molecular complexity index is 375. The first-order valence-corrected chi connectivity index (χ1v) is 4.93. The van der Waals surface area contributed by atoms with Gasteiger partial charge in [-0.1, -0.05) is 19.1 Å². The van der Waals surface area contributed by atoms with Gasteiger partial charge in [-0.05, 0) is 55.5 Å². The topological polar surface area (TPSA) is 0 Å². The third-order valence-corrected chi connectivity index (χ3v) is 2.63. The average Bonchev–Trinajstić information content (AvgIpc) is 2.10. The molecular weight excluding hydrogens is 175 g/mol. The summed E-state index contributed by atoms with van der Waals surface area (Å²) >= 11 is 0. The highest BCUT2D eigenvalue weighted by molar-refractivity contribution is 5.69. The number of hydrogen-bond donors (Lipinski definition) is 0. The van der Waals surface area contributed by atoms with Gasteiger partial charge in [0.1, 0.15) is 5.82 Å². The number of benzene rings is 1. The Hall–Kier alpha value is -1.11. The van der Waals surface area contributed by atoms with Gasteiger partial charge >= 0.3 is 0 Å². The molecule has 0 N–H and O–H groups in total. The molecule has 0 heterocycles. The van der Waals surface area contributed by atoms with Gasteiger partial charge in [-0.25, -0.2) is 4.39 Å². The van der Waals surface area contributed by atoms with Crippen LogP contribution in [0.4, 0.5) is 4.39 Å². The van der Waals surface area contributed by atoms with E-state index < -0.39 is 0 Å². The minimum absolute atomic E-state index is 0.127. The predicted octanol–water partition coefficient (Wildman–Crippen LogP) is 4.04. The van der Waals surface area contributed by atoms with Crippen molar-refractivity contribution < 1.29 is 4.39 Å². The largest absolute Gasteiger partial charge is 0.207 e. The van der Waals surface area contributed by atoms with E-state index in [1.807, 2.05) is 20.8 Å². The van der Waals surface area contributed by atoms with Crippen molar-refractivity contribution in [3.8, 4) is 0 Å². The Balaban J connectivity index is 3.56. The van der Waals surface area contributed by atoms with Gasteiger partial charge in [-0.2, -0.15) is 0 Å². The lowest BCUT2D eigenvalue weighted by atomic mass is 9.91. The Morgan fingerprint density at radius 2 is 2.00 bits per heavy atom. The van der Waals surface area contributed by atoms with Gasteiger partial charge in [0.2, 0.25) is 0 Å². The molecule has 0 atom stereocenters. The highest BCUT2D eigenvalue weighted by Gasteiger charge is 2.12. The van der Waals surface area contributed by atoms with Crippen LogP contribution in [0.2, 0.25) is 0 Å². The summed E-state index contributed by atoms with van der Waals surface area (Å²) in [5, 5.41) is 0. The highest BCUT2D eigenvalue weighted by Crippen LogP contribution is 2.27. The van der Waals surface area contributed by atoms with Gasteiger partial charge in [0.25, 0.3) is 0 Å². The quantitative estimate of drug-likeness (QED) is 0.663. The van der Waals surface area contributed by atoms with Crippen molar-refractivity contribution in [3.05, 3.63) is 40.7 Å². The maximum atomic E-state index is 13.5. The van der Waals surface area contributed by atoms with Crippen LogP contribution in [-0.2, 0) is 6.42 Å². The second-order valence-electron chi connectivity index (χ2n) is 3.79. The van der Waals surface area contributed by atoms with E-state index in [-0.39, 0.29) is 5.82 Å². The first-order valence-electron chi connectivity index (χ1n) is 4.93. The zero-order valence-corrected chi connectivity index (χ0v) is 9.37. The summed E-state index contributed by atoms with van der Waals surface area (Å²) in [6, 6.07) is 1.61. The number of aryl methyl sites for hydroxylation is 1. The monoisotopic (exact) mass is 192 g/mol. The second kappa shape index (κ2) is 3.95. The number of hydrogen-bond acceptors (Lipinski definition) is 0. The maximum Gasteiger partial charge on any atom is 0.127 e. The van der Waals surface area contributed by atoms with Crippen molar-refractivity contribution in [2.24, 2.45) is 0 Å². The normalized spacial score (nSPS) is 10.4. The van der Waals surface area contributed by atoms with Crippen LogP contribution in [0.25, 0.3) is 5.57 Å². The predicted molar refractivity (Wildman–Crippen MR) is 60.0 cm³/mol. The molecule has 0 unspecified atom stereocenters. The van der Waals surface area contributed by atoms with E-state index in [9.17, 15) is 4.39 Å². The lowest BCUT2D eigenvalue weighted by Crippen LogP contribution is -2.00. The highest BCUT2D eigenvalue weighted by atomic mass is 19.1. The van der Waals surface area contributed by atoms with Crippen molar-refractivity contribution in [3.63, 3.8) is 0 Å². The van der Waals surface area contributed by atoms with Crippen molar-refractivity contribution in [1.29, 1.82) is 0 Å². The SMILES string of the molecule is C=C(C)c1c(C)c(F)cc(C)c1CC. The molecule has 1 aromatic carbocycles. The summed E-state index contributed by atoms with van der Waals surface area (Å²) < 4.78 is 13.5. The van der Waals surface area contributed by atoms with Crippen LogP contribution in [0.5, 0.6) is 0 Å². The van der Waals surface area contributed by atoms with Crippen LogP contribution in [0.15, 0.2) is 12.6 Å². The Labute approximate surface area is 85.5 Å². The summed E-state index contributed by atoms with van der Waals surface area (Å²) in [6.45, 7) is 11.7. The molecule has 0 aliphatic rings. The number of halogens is 1. The van der Waals surface area contributed by atoms with Crippen molar-refractivity contribution in [1.82, 2.24) is 0 Å². The van der Waals surface area contributed by atoms with Gasteiger partial charge in [0.15, 0.2) is 0 Å². The van der Waals surface area contributed by atoms with Gasteiger partial charge in [-0.3, -0.25) is 0 Å². The molecule has 1 aromatic rings. The minimum Gasteiger partial charge on any atom is -0.207 e. The lowest BCUT2D eigenvalue weighted by Gasteiger charge is -2.15. The van der Waals surface area contributed by atoms with Crippen molar-refractivity contribution in [2.45, 2.75) is 34.1 Å². The zero-order valence-electron chi connectivity index (χ0n) is 9.37. The number of allylic oxidation sites excluding steroid dienone is 1. The van der Waals surface area contributed by atoms with Crippen LogP contribution in [-0.4, -0.2) is 0 Å². The lowest BCUT2D eigenvalue weighted by molar-refractivity contribution is 0.615. The van der Waals surface area contributed by atoms with E-state index in [1.165, 1.54) is 5.56 Å². The molecule has 0 nitrogen and oxygen atoms in total. The van der Waals surface area contributed by atoms with Gasteiger partial charge in [0.05, 0.1) is 0 Å². The van der Waals surface area contributed by atoms with Gasteiger partial charge < -0.3 is 0 Å². The summed E-state index contributed by atoms with van der Waals surface area (Å²) in [6.07, 6.45) is 0.926. The van der Waals surface area contributed by atoms with Crippen LogP contribution in [0, 0.1) is 19.7 Å². The fourth-order valence-electron chi connectivity index (χ4n) is 1.96. The number of rotatable bonds is 2. The summed E-state index contributed by atoms with van der Waals surface area (Å²) in [4.78, 5) is 0. The van der Waals surface area contributed by atoms with E-state index in [1.54, 1.807) is 6.07 Å².